The SMILES string of the molecule is CN1C2CCC1CN(c1ccc(N)c(N)c1)CC2. The van der Waals surface area contributed by atoms with E-state index < -0.39 is 0 Å². The molecule has 0 aromatic heterocycles. The quantitative estimate of drug-likeness (QED) is 0.738. The predicted molar refractivity (Wildman–Crippen MR) is 76.7 cm³/mol. The molecule has 3 rings (SSSR count). The summed E-state index contributed by atoms with van der Waals surface area (Å²) in [6.07, 6.45) is 3.93. The molecule has 2 fully saturated rings. The van der Waals surface area contributed by atoms with Crippen LogP contribution in [-0.2, 0) is 0 Å². The first-order valence-electron chi connectivity index (χ1n) is 6.77. The van der Waals surface area contributed by atoms with Gasteiger partial charge in [0.15, 0.2) is 0 Å². The third-order valence-corrected chi connectivity index (χ3v) is 4.58. The Morgan fingerprint density at radius 1 is 1.06 bits per heavy atom. The van der Waals surface area contributed by atoms with E-state index in [2.05, 4.69) is 22.9 Å². The van der Waals surface area contributed by atoms with Crippen molar-refractivity contribution in [1.29, 1.82) is 0 Å². The van der Waals surface area contributed by atoms with E-state index in [9.17, 15) is 0 Å². The van der Waals surface area contributed by atoms with E-state index >= 15 is 0 Å². The molecule has 4 heteroatoms. The Labute approximate surface area is 109 Å². The van der Waals surface area contributed by atoms with E-state index in [1.54, 1.807) is 0 Å². The van der Waals surface area contributed by atoms with E-state index in [1.165, 1.54) is 24.9 Å². The Balaban J connectivity index is 1.82. The van der Waals surface area contributed by atoms with Crippen molar-refractivity contribution >= 4 is 17.1 Å². The molecular formula is C14H22N4. The Bertz CT molecular complexity index is 445. The molecule has 2 unspecified atom stereocenters. The van der Waals surface area contributed by atoms with Crippen LogP contribution in [0.25, 0.3) is 0 Å². The van der Waals surface area contributed by atoms with E-state index in [1.807, 2.05) is 12.1 Å². The molecule has 0 saturated carbocycles. The summed E-state index contributed by atoms with van der Waals surface area (Å²) in [6.45, 7) is 2.23. The minimum absolute atomic E-state index is 0.673. The normalized spacial score (nSPS) is 28.4. The molecule has 2 aliphatic heterocycles. The molecule has 4 N–H and O–H groups in total. The lowest BCUT2D eigenvalue weighted by Gasteiger charge is -2.28. The minimum Gasteiger partial charge on any atom is -0.397 e. The van der Waals surface area contributed by atoms with Crippen LogP contribution in [0.4, 0.5) is 17.1 Å². The van der Waals surface area contributed by atoms with Crippen LogP contribution in [-0.4, -0.2) is 37.1 Å². The zero-order chi connectivity index (χ0) is 12.7. The van der Waals surface area contributed by atoms with Gasteiger partial charge in [0.2, 0.25) is 0 Å². The average molecular weight is 246 g/mol. The van der Waals surface area contributed by atoms with Gasteiger partial charge in [0.05, 0.1) is 11.4 Å². The van der Waals surface area contributed by atoms with Gasteiger partial charge < -0.3 is 16.4 Å². The molecule has 2 saturated heterocycles. The van der Waals surface area contributed by atoms with Gasteiger partial charge in [0.1, 0.15) is 0 Å². The van der Waals surface area contributed by atoms with Crippen molar-refractivity contribution in [3.05, 3.63) is 18.2 Å². The molecule has 18 heavy (non-hydrogen) atoms. The molecule has 0 radical (unpaired) electrons. The number of likely N-dealkylation sites (N-methyl/N-ethyl adjacent to an activating group) is 1. The lowest BCUT2D eigenvalue weighted by atomic mass is 10.1. The second-order valence-electron chi connectivity index (χ2n) is 5.60. The molecule has 2 aliphatic rings. The van der Waals surface area contributed by atoms with Crippen LogP contribution in [0.15, 0.2) is 18.2 Å². The minimum atomic E-state index is 0.673. The summed E-state index contributed by atoms with van der Waals surface area (Å²) in [7, 11) is 2.27. The molecule has 2 heterocycles. The number of anilines is 3. The number of nitrogens with zero attached hydrogens (tertiary/aromatic N) is 2. The largest absolute Gasteiger partial charge is 0.397 e. The van der Waals surface area contributed by atoms with Crippen molar-refractivity contribution in [1.82, 2.24) is 4.90 Å². The van der Waals surface area contributed by atoms with E-state index in [-0.39, 0.29) is 0 Å². The molecule has 2 atom stereocenters. The van der Waals surface area contributed by atoms with Gasteiger partial charge in [-0.2, -0.15) is 0 Å². The summed E-state index contributed by atoms with van der Waals surface area (Å²) in [5.41, 5.74) is 14.3. The Hall–Kier alpha value is -1.42. The maximum Gasteiger partial charge on any atom is 0.0568 e. The van der Waals surface area contributed by atoms with Crippen LogP contribution in [0, 0.1) is 0 Å². The molecule has 4 nitrogen and oxygen atoms in total. The molecular weight excluding hydrogens is 224 g/mol. The average Bonchev–Trinajstić information content (AvgIpc) is 2.57. The summed E-state index contributed by atoms with van der Waals surface area (Å²) in [6, 6.07) is 7.47. The summed E-state index contributed by atoms with van der Waals surface area (Å²) in [5.74, 6) is 0. The first-order valence-corrected chi connectivity index (χ1v) is 6.77. The number of nitrogens with two attached hydrogens (primary N) is 2. The van der Waals surface area contributed by atoms with Crippen molar-refractivity contribution < 1.29 is 0 Å². The number of hydrogen-bond acceptors (Lipinski definition) is 4. The second kappa shape index (κ2) is 4.35. The van der Waals surface area contributed by atoms with E-state index in [0.29, 0.717) is 17.4 Å². The Morgan fingerprint density at radius 2 is 1.83 bits per heavy atom. The summed E-state index contributed by atoms with van der Waals surface area (Å²) in [5, 5.41) is 0. The first kappa shape index (κ1) is 11.7. The van der Waals surface area contributed by atoms with Gasteiger partial charge in [-0.25, -0.2) is 0 Å². The molecule has 2 bridgehead atoms. The third-order valence-electron chi connectivity index (χ3n) is 4.58. The highest BCUT2D eigenvalue weighted by Gasteiger charge is 2.34. The van der Waals surface area contributed by atoms with Crippen LogP contribution in [0.3, 0.4) is 0 Å². The lowest BCUT2D eigenvalue weighted by molar-refractivity contribution is 0.254. The van der Waals surface area contributed by atoms with Gasteiger partial charge in [0, 0.05) is 30.9 Å². The monoisotopic (exact) mass is 246 g/mol. The first-order chi connectivity index (χ1) is 8.65. The Morgan fingerprint density at radius 3 is 2.61 bits per heavy atom. The molecule has 1 aromatic carbocycles. The lowest BCUT2D eigenvalue weighted by Crippen LogP contribution is -2.36. The van der Waals surface area contributed by atoms with Crippen molar-refractivity contribution in [2.24, 2.45) is 0 Å². The topological polar surface area (TPSA) is 58.5 Å². The fourth-order valence-electron chi connectivity index (χ4n) is 3.30. The molecule has 0 amide bonds. The van der Waals surface area contributed by atoms with Gasteiger partial charge in [-0.05, 0) is 44.5 Å². The van der Waals surface area contributed by atoms with Crippen molar-refractivity contribution in [3.8, 4) is 0 Å². The summed E-state index contributed by atoms with van der Waals surface area (Å²) in [4.78, 5) is 5.01. The molecule has 1 aromatic rings. The highest BCUT2D eigenvalue weighted by Crippen LogP contribution is 2.31. The molecule has 0 aliphatic carbocycles. The number of fused-ring (bicyclic) bond motifs is 2. The van der Waals surface area contributed by atoms with Crippen molar-refractivity contribution in [3.63, 3.8) is 0 Å². The van der Waals surface area contributed by atoms with Gasteiger partial charge in [0.25, 0.3) is 0 Å². The number of hydrogen-bond donors (Lipinski definition) is 2. The van der Waals surface area contributed by atoms with Crippen LogP contribution in [0.5, 0.6) is 0 Å². The van der Waals surface area contributed by atoms with Crippen LogP contribution in [0.1, 0.15) is 19.3 Å². The standard InChI is InChI=1S/C14H22N4/c1-17-10-2-3-12(17)9-18(7-6-10)11-4-5-13(15)14(16)8-11/h4-5,8,10,12H,2-3,6-7,9,15-16H2,1H3. The second-order valence-corrected chi connectivity index (χ2v) is 5.60. The number of benzene rings is 1. The molecule has 0 spiro atoms. The highest BCUT2D eigenvalue weighted by atomic mass is 15.3. The number of nitrogen functional groups attached to an aromatic ring is 2. The van der Waals surface area contributed by atoms with Gasteiger partial charge in [-0.1, -0.05) is 0 Å². The maximum atomic E-state index is 5.91. The van der Waals surface area contributed by atoms with Gasteiger partial charge >= 0.3 is 0 Å². The van der Waals surface area contributed by atoms with Crippen LogP contribution >= 0.6 is 0 Å². The Kier molecular flexibility index (Phi) is 2.82. The number of rotatable bonds is 1. The highest BCUT2D eigenvalue weighted by molar-refractivity contribution is 5.69. The van der Waals surface area contributed by atoms with Crippen LogP contribution < -0.4 is 16.4 Å². The zero-order valence-electron chi connectivity index (χ0n) is 11.0. The summed E-state index contributed by atoms with van der Waals surface area (Å²) >= 11 is 0. The summed E-state index contributed by atoms with van der Waals surface area (Å²) < 4.78 is 0. The van der Waals surface area contributed by atoms with Crippen molar-refractivity contribution in [2.45, 2.75) is 31.3 Å². The van der Waals surface area contributed by atoms with Crippen molar-refractivity contribution in [2.75, 3.05) is 36.5 Å². The third kappa shape index (κ3) is 1.90. The smallest absolute Gasteiger partial charge is 0.0568 e. The van der Waals surface area contributed by atoms with Crippen LogP contribution in [0.2, 0.25) is 0 Å². The van der Waals surface area contributed by atoms with Gasteiger partial charge in [-0.15, -0.1) is 0 Å². The van der Waals surface area contributed by atoms with Gasteiger partial charge in [-0.3, -0.25) is 4.90 Å². The predicted octanol–water partition coefficient (Wildman–Crippen LogP) is 1.52. The maximum absolute atomic E-state index is 5.91. The molecule has 98 valence electrons. The van der Waals surface area contributed by atoms with E-state index in [4.69, 9.17) is 11.5 Å². The fraction of sp³-hybridized carbons (Fsp3) is 0.571. The fourth-order valence-corrected chi connectivity index (χ4v) is 3.30. The zero-order valence-corrected chi connectivity index (χ0v) is 11.0. The van der Waals surface area contributed by atoms with E-state index in [0.717, 1.165) is 19.1 Å².